The fourth-order valence-electron chi connectivity index (χ4n) is 2.48. The van der Waals surface area contributed by atoms with E-state index in [1.807, 2.05) is 12.4 Å². The van der Waals surface area contributed by atoms with Gasteiger partial charge in [-0.3, -0.25) is 5.10 Å². The van der Waals surface area contributed by atoms with Gasteiger partial charge in [0.15, 0.2) is 0 Å². The second-order valence-electron chi connectivity index (χ2n) is 5.98. The maximum absolute atomic E-state index is 4.00. The molecule has 1 aromatic heterocycles. The lowest BCUT2D eigenvalue weighted by molar-refractivity contribution is 0.494. The number of nitrogens with zero attached hydrogens (tertiary/aromatic N) is 1. The van der Waals surface area contributed by atoms with Crippen LogP contribution in [-0.4, -0.2) is 10.2 Å². The topological polar surface area (TPSA) is 40.7 Å². The SMILES string of the molecule is CC(C)Cc1ccc(C(C)NC(C)c2cn[nH]c2)cc1. The summed E-state index contributed by atoms with van der Waals surface area (Å²) in [4.78, 5) is 0. The van der Waals surface area contributed by atoms with Crippen molar-refractivity contribution >= 4 is 0 Å². The number of hydrogen-bond donors (Lipinski definition) is 2. The van der Waals surface area contributed by atoms with Crippen molar-refractivity contribution in [2.45, 2.75) is 46.2 Å². The van der Waals surface area contributed by atoms with Gasteiger partial charge in [0.25, 0.3) is 0 Å². The molecule has 0 fully saturated rings. The summed E-state index contributed by atoms with van der Waals surface area (Å²) in [6, 6.07) is 9.58. The van der Waals surface area contributed by atoms with E-state index in [-0.39, 0.29) is 0 Å². The number of nitrogens with one attached hydrogen (secondary N) is 2. The molecule has 3 nitrogen and oxygen atoms in total. The standard InChI is InChI=1S/C17H25N3/c1-12(2)9-15-5-7-16(8-6-15)13(3)20-14(4)17-10-18-19-11-17/h5-8,10-14,20H,9H2,1-4H3,(H,18,19). The van der Waals surface area contributed by atoms with Crippen LogP contribution in [-0.2, 0) is 6.42 Å². The van der Waals surface area contributed by atoms with Gasteiger partial charge in [0.1, 0.15) is 0 Å². The Morgan fingerprint density at radius 3 is 2.20 bits per heavy atom. The van der Waals surface area contributed by atoms with Crippen LogP contribution >= 0.6 is 0 Å². The van der Waals surface area contributed by atoms with Gasteiger partial charge in [-0.05, 0) is 37.3 Å². The van der Waals surface area contributed by atoms with Crippen molar-refractivity contribution in [2.24, 2.45) is 5.92 Å². The zero-order valence-corrected chi connectivity index (χ0v) is 12.9. The molecule has 0 spiro atoms. The van der Waals surface area contributed by atoms with Crippen molar-refractivity contribution in [1.82, 2.24) is 15.5 Å². The van der Waals surface area contributed by atoms with Crippen molar-refractivity contribution in [3.8, 4) is 0 Å². The molecular formula is C17H25N3. The van der Waals surface area contributed by atoms with Gasteiger partial charge in [0.2, 0.25) is 0 Å². The van der Waals surface area contributed by atoms with E-state index in [2.05, 4.69) is 67.5 Å². The molecule has 20 heavy (non-hydrogen) atoms. The number of aromatic nitrogens is 2. The molecule has 0 radical (unpaired) electrons. The lowest BCUT2D eigenvalue weighted by Crippen LogP contribution is -2.22. The summed E-state index contributed by atoms with van der Waals surface area (Å²) in [5, 5.41) is 10.5. The Morgan fingerprint density at radius 1 is 1.00 bits per heavy atom. The van der Waals surface area contributed by atoms with Gasteiger partial charge in [-0.2, -0.15) is 5.10 Å². The average molecular weight is 271 g/mol. The first-order chi connectivity index (χ1) is 9.56. The lowest BCUT2D eigenvalue weighted by Gasteiger charge is -2.20. The molecule has 0 aliphatic heterocycles. The molecule has 2 N–H and O–H groups in total. The molecule has 0 aliphatic carbocycles. The summed E-state index contributed by atoms with van der Waals surface area (Å²) in [6.45, 7) is 8.87. The fraction of sp³-hybridized carbons (Fsp3) is 0.471. The van der Waals surface area contributed by atoms with Crippen molar-refractivity contribution in [3.05, 3.63) is 53.3 Å². The summed E-state index contributed by atoms with van der Waals surface area (Å²) in [5.74, 6) is 0.706. The molecule has 0 aliphatic rings. The highest BCUT2D eigenvalue weighted by atomic mass is 15.1. The highest BCUT2D eigenvalue weighted by molar-refractivity contribution is 5.25. The third kappa shape index (κ3) is 3.94. The number of benzene rings is 1. The molecule has 2 rings (SSSR count). The van der Waals surface area contributed by atoms with E-state index >= 15 is 0 Å². The van der Waals surface area contributed by atoms with Crippen LogP contribution in [0.3, 0.4) is 0 Å². The van der Waals surface area contributed by atoms with Crippen molar-refractivity contribution < 1.29 is 0 Å². The molecule has 2 atom stereocenters. The molecule has 0 amide bonds. The normalized spacial score (nSPS) is 14.4. The summed E-state index contributed by atoms with van der Waals surface area (Å²) in [5.41, 5.74) is 3.93. The molecule has 0 bridgehead atoms. The molecule has 2 aromatic rings. The fourth-order valence-corrected chi connectivity index (χ4v) is 2.48. The van der Waals surface area contributed by atoms with Crippen LogP contribution in [0.25, 0.3) is 0 Å². The third-order valence-electron chi connectivity index (χ3n) is 3.64. The zero-order valence-electron chi connectivity index (χ0n) is 12.9. The predicted molar refractivity (Wildman–Crippen MR) is 83.5 cm³/mol. The van der Waals surface area contributed by atoms with Gasteiger partial charge in [0, 0.05) is 23.8 Å². The number of hydrogen-bond acceptors (Lipinski definition) is 2. The van der Waals surface area contributed by atoms with Crippen LogP contribution in [0.2, 0.25) is 0 Å². The first-order valence-electron chi connectivity index (χ1n) is 7.40. The average Bonchev–Trinajstić information content (AvgIpc) is 2.92. The zero-order chi connectivity index (χ0) is 14.5. The minimum Gasteiger partial charge on any atom is -0.304 e. The Bertz CT molecular complexity index is 500. The summed E-state index contributed by atoms with van der Waals surface area (Å²) < 4.78 is 0. The first-order valence-corrected chi connectivity index (χ1v) is 7.40. The number of rotatable bonds is 6. The third-order valence-corrected chi connectivity index (χ3v) is 3.64. The summed E-state index contributed by atoms with van der Waals surface area (Å²) in [6.07, 6.45) is 4.96. The first kappa shape index (κ1) is 14.8. The van der Waals surface area contributed by atoms with Crippen molar-refractivity contribution in [1.29, 1.82) is 0 Å². The lowest BCUT2D eigenvalue weighted by atomic mass is 9.99. The molecule has 108 valence electrons. The maximum Gasteiger partial charge on any atom is 0.0534 e. The highest BCUT2D eigenvalue weighted by Gasteiger charge is 2.11. The van der Waals surface area contributed by atoms with Crippen LogP contribution in [0, 0.1) is 5.92 Å². The Labute approximate surface area is 121 Å². The molecular weight excluding hydrogens is 246 g/mol. The summed E-state index contributed by atoms with van der Waals surface area (Å²) >= 11 is 0. The van der Waals surface area contributed by atoms with E-state index in [1.165, 1.54) is 16.7 Å². The monoisotopic (exact) mass is 271 g/mol. The Hall–Kier alpha value is -1.61. The van der Waals surface area contributed by atoms with Gasteiger partial charge in [-0.25, -0.2) is 0 Å². The van der Waals surface area contributed by atoms with E-state index < -0.39 is 0 Å². The van der Waals surface area contributed by atoms with E-state index in [0.29, 0.717) is 18.0 Å². The van der Waals surface area contributed by atoms with Gasteiger partial charge >= 0.3 is 0 Å². The van der Waals surface area contributed by atoms with Crippen LogP contribution < -0.4 is 5.32 Å². The molecule has 0 saturated carbocycles. The van der Waals surface area contributed by atoms with Gasteiger partial charge in [0.05, 0.1) is 6.20 Å². The van der Waals surface area contributed by atoms with E-state index in [9.17, 15) is 0 Å². The molecule has 0 saturated heterocycles. The predicted octanol–water partition coefficient (Wildman–Crippen LogP) is 4.02. The quantitative estimate of drug-likeness (QED) is 0.833. The van der Waals surface area contributed by atoms with E-state index in [4.69, 9.17) is 0 Å². The Morgan fingerprint density at radius 2 is 1.65 bits per heavy atom. The van der Waals surface area contributed by atoms with Crippen molar-refractivity contribution in [3.63, 3.8) is 0 Å². The molecule has 1 aromatic carbocycles. The minimum atomic E-state index is 0.291. The maximum atomic E-state index is 4.00. The van der Waals surface area contributed by atoms with Crippen LogP contribution in [0.4, 0.5) is 0 Å². The van der Waals surface area contributed by atoms with Gasteiger partial charge < -0.3 is 5.32 Å². The molecule has 1 heterocycles. The van der Waals surface area contributed by atoms with Gasteiger partial charge in [-0.1, -0.05) is 38.1 Å². The molecule has 2 unspecified atom stereocenters. The largest absolute Gasteiger partial charge is 0.304 e. The smallest absolute Gasteiger partial charge is 0.0534 e. The van der Waals surface area contributed by atoms with Crippen molar-refractivity contribution in [2.75, 3.05) is 0 Å². The Kier molecular flexibility index (Phi) is 4.96. The van der Waals surface area contributed by atoms with Crippen LogP contribution in [0.5, 0.6) is 0 Å². The highest BCUT2D eigenvalue weighted by Crippen LogP contribution is 2.19. The van der Waals surface area contributed by atoms with Gasteiger partial charge in [-0.15, -0.1) is 0 Å². The minimum absolute atomic E-state index is 0.291. The Balaban J connectivity index is 1.97. The van der Waals surface area contributed by atoms with E-state index in [1.54, 1.807) is 0 Å². The second kappa shape index (κ2) is 6.71. The van der Waals surface area contributed by atoms with Crippen LogP contribution in [0.1, 0.15) is 56.5 Å². The molecule has 3 heteroatoms. The summed E-state index contributed by atoms with van der Waals surface area (Å²) in [7, 11) is 0. The number of aromatic amines is 1. The van der Waals surface area contributed by atoms with E-state index in [0.717, 1.165) is 6.42 Å². The number of H-pyrrole nitrogens is 1. The van der Waals surface area contributed by atoms with Crippen LogP contribution in [0.15, 0.2) is 36.7 Å². The second-order valence-corrected chi connectivity index (χ2v) is 5.98.